The van der Waals surface area contributed by atoms with Crippen LogP contribution in [0.25, 0.3) is 0 Å². The Morgan fingerprint density at radius 3 is 2.25 bits per heavy atom. The van der Waals surface area contributed by atoms with Crippen LogP contribution in [-0.4, -0.2) is 53.6 Å². The summed E-state index contributed by atoms with van der Waals surface area (Å²) in [6, 6.07) is 7.04. The number of hydrogen-bond acceptors (Lipinski definition) is 5. The van der Waals surface area contributed by atoms with E-state index in [9.17, 15) is 13.2 Å². The van der Waals surface area contributed by atoms with E-state index in [0.717, 1.165) is 5.56 Å². The summed E-state index contributed by atoms with van der Waals surface area (Å²) in [5, 5.41) is 4.03. The average molecular weight is 445 g/mol. The molecule has 0 radical (unpaired) electrons. The van der Waals surface area contributed by atoms with Crippen molar-refractivity contribution in [2.75, 3.05) is 26.2 Å². The van der Waals surface area contributed by atoms with Crippen LogP contribution in [0.15, 0.2) is 40.2 Å². The summed E-state index contributed by atoms with van der Waals surface area (Å²) in [4.78, 5) is 14.3. The smallest absolute Gasteiger partial charge is 0.282 e. The van der Waals surface area contributed by atoms with Gasteiger partial charge in [-0.15, -0.1) is 0 Å². The Hall–Kier alpha value is -1.45. The molecule has 1 saturated heterocycles. The molecule has 7 nitrogen and oxygen atoms in total. The molecule has 0 bridgehead atoms. The first kappa shape index (κ1) is 21.3. The molecule has 0 unspecified atom stereocenters. The Bertz CT molecular complexity index is 998. The van der Waals surface area contributed by atoms with Gasteiger partial charge >= 0.3 is 0 Å². The molecule has 0 amide bonds. The molecule has 152 valence electrons. The van der Waals surface area contributed by atoms with Gasteiger partial charge in [-0.3, -0.25) is 9.69 Å². The van der Waals surface area contributed by atoms with Crippen LogP contribution in [0.5, 0.6) is 0 Å². The lowest BCUT2D eigenvalue weighted by Crippen LogP contribution is -2.49. The monoisotopic (exact) mass is 444 g/mol. The first-order chi connectivity index (χ1) is 13.2. The van der Waals surface area contributed by atoms with Gasteiger partial charge in [0.2, 0.25) is 10.0 Å². The minimum atomic E-state index is -3.54. The van der Waals surface area contributed by atoms with Crippen molar-refractivity contribution in [2.45, 2.75) is 31.3 Å². The van der Waals surface area contributed by atoms with E-state index in [1.54, 1.807) is 12.1 Å². The number of nitrogens with zero attached hydrogens (tertiary/aromatic N) is 4. The van der Waals surface area contributed by atoms with Gasteiger partial charge in [-0.25, -0.2) is 13.1 Å². The number of rotatable bonds is 5. The third kappa shape index (κ3) is 4.41. The van der Waals surface area contributed by atoms with Crippen LogP contribution in [0.3, 0.4) is 0 Å². The van der Waals surface area contributed by atoms with Crippen LogP contribution >= 0.6 is 23.2 Å². The number of piperazine rings is 1. The third-order valence-electron chi connectivity index (χ3n) is 4.79. The van der Waals surface area contributed by atoms with Crippen molar-refractivity contribution in [3.8, 4) is 0 Å². The summed E-state index contributed by atoms with van der Waals surface area (Å²) < 4.78 is 28.5. The number of benzene rings is 1. The predicted octanol–water partition coefficient (Wildman–Crippen LogP) is 2.64. The molecule has 10 heteroatoms. The van der Waals surface area contributed by atoms with Gasteiger partial charge in [0.15, 0.2) is 0 Å². The number of sulfonamides is 1. The summed E-state index contributed by atoms with van der Waals surface area (Å²) in [5.74, 6) is 0.346. The second-order valence-corrected chi connectivity index (χ2v) is 9.72. The summed E-state index contributed by atoms with van der Waals surface area (Å²) >= 11 is 11.7. The Balaban J connectivity index is 1.66. The Morgan fingerprint density at radius 2 is 1.68 bits per heavy atom. The minimum absolute atomic E-state index is 0.0669. The Kier molecular flexibility index (Phi) is 6.46. The molecule has 2 aromatic rings. The molecule has 1 aromatic carbocycles. The molecule has 1 aromatic heterocycles. The maximum absolute atomic E-state index is 12.9. The van der Waals surface area contributed by atoms with Crippen molar-refractivity contribution >= 4 is 33.2 Å². The molecule has 0 spiro atoms. The van der Waals surface area contributed by atoms with Crippen molar-refractivity contribution < 1.29 is 8.42 Å². The second-order valence-electron chi connectivity index (χ2n) is 7.00. The Morgan fingerprint density at radius 1 is 1.07 bits per heavy atom. The van der Waals surface area contributed by atoms with Gasteiger partial charge in [-0.05, 0) is 23.6 Å². The van der Waals surface area contributed by atoms with Crippen LogP contribution in [0.1, 0.15) is 25.3 Å². The predicted molar refractivity (Wildman–Crippen MR) is 109 cm³/mol. The molecule has 3 rings (SSSR count). The molecular weight excluding hydrogens is 423 g/mol. The lowest BCUT2D eigenvalue weighted by atomic mass is 10.0. The molecule has 0 saturated carbocycles. The quantitative estimate of drug-likeness (QED) is 0.708. The largest absolute Gasteiger partial charge is 0.288 e. The van der Waals surface area contributed by atoms with Gasteiger partial charge in [0.05, 0.1) is 22.8 Å². The normalized spacial score (nSPS) is 16.6. The molecule has 2 heterocycles. The topological polar surface area (TPSA) is 75.5 Å². The third-order valence-corrected chi connectivity index (χ3v) is 7.45. The first-order valence-electron chi connectivity index (χ1n) is 8.93. The number of hydrogen-bond donors (Lipinski definition) is 0. The van der Waals surface area contributed by atoms with Crippen molar-refractivity contribution in [2.24, 2.45) is 0 Å². The zero-order valence-corrected chi connectivity index (χ0v) is 18.0. The maximum Gasteiger partial charge on any atom is 0.288 e. The van der Waals surface area contributed by atoms with Crippen molar-refractivity contribution in [1.82, 2.24) is 19.0 Å². The highest BCUT2D eigenvalue weighted by molar-refractivity contribution is 7.89. The lowest BCUT2D eigenvalue weighted by Gasteiger charge is -2.33. The lowest BCUT2D eigenvalue weighted by molar-refractivity contribution is 0.143. The highest BCUT2D eigenvalue weighted by atomic mass is 35.5. The van der Waals surface area contributed by atoms with E-state index in [1.165, 1.54) is 15.2 Å². The van der Waals surface area contributed by atoms with E-state index in [-0.39, 0.29) is 16.7 Å². The maximum atomic E-state index is 12.9. The van der Waals surface area contributed by atoms with Crippen LogP contribution in [-0.2, 0) is 16.7 Å². The Labute approximate surface area is 174 Å². The molecule has 1 aliphatic rings. The summed E-state index contributed by atoms with van der Waals surface area (Å²) in [7, 11) is -3.54. The zero-order chi connectivity index (χ0) is 20.5. The molecule has 0 N–H and O–H groups in total. The van der Waals surface area contributed by atoms with Gasteiger partial charge in [0.25, 0.3) is 5.56 Å². The number of halogens is 2. The molecule has 0 aliphatic carbocycles. The fourth-order valence-electron chi connectivity index (χ4n) is 3.02. The zero-order valence-electron chi connectivity index (χ0n) is 15.7. The van der Waals surface area contributed by atoms with E-state index in [2.05, 4.69) is 18.9 Å². The minimum Gasteiger partial charge on any atom is -0.282 e. The number of aromatic nitrogens is 2. The fourth-order valence-corrected chi connectivity index (χ4v) is 4.71. The molecular formula is C18H22Cl2N4O3S. The van der Waals surface area contributed by atoms with E-state index >= 15 is 0 Å². The van der Waals surface area contributed by atoms with E-state index < -0.39 is 15.6 Å². The SMILES string of the molecule is CC(C)c1ccc(S(=O)(=O)N2CCN(Cn3ncc(Cl)c(Cl)c3=O)CC2)cc1. The van der Waals surface area contributed by atoms with Crippen LogP contribution in [0.2, 0.25) is 10.0 Å². The molecule has 28 heavy (non-hydrogen) atoms. The molecule has 1 aliphatic heterocycles. The molecule has 1 fully saturated rings. The first-order valence-corrected chi connectivity index (χ1v) is 11.1. The van der Waals surface area contributed by atoms with Gasteiger partial charge in [-0.1, -0.05) is 49.2 Å². The van der Waals surface area contributed by atoms with Crippen molar-refractivity contribution in [3.05, 3.63) is 56.4 Å². The second kappa shape index (κ2) is 8.51. The van der Waals surface area contributed by atoms with Crippen LogP contribution < -0.4 is 5.56 Å². The van der Waals surface area contributed by atoms with E-state index in [4.69, 9.17) is 23.2 Å². The van der Waals surface area contributed by atoms with Gasteiger partial charge in [0, 0.05) is 26.2 Å². The van der Waals surface area contributed by atoms with Gasteiger partial charge < -0.3 is 0 Å². The average Bonchev–Trinajstić information content (AvgIpc) is 2.69. The molecule has 0 atom stereocenters. The highest BCUT2D eigenvalue weighted by Gasteiger charge is 2.28. The summed E-state index contributed by atoms with van der Waals surface area (Å²) in [5.41, 5.74) is 0.637. The standard InChI is InChI=1S/C18H22Cl2N4O3S/c1-13(2)14-3-5-15(6-4-14)28(26,27)23-9-7-22(8-10-23)12-24-18(25)17(20)16(19)11-21-24/h3-6,11,13H,7-10,12H2,1-2H3. The van der Waals surface area contributed by atoms with Crippen LogP contribution in [0.4, 0.5) is 0 Å². The van der Waals surface area contributed by atoms with Crippen molar-refractivity contribution in [1.29, 1.82) is 0 Å². The van der Waals surface area contributed by atoms with Crippen molar-refractivity contribution in [3.63, 3.8) is 0 Å². The summed E-state index contributed by atoms with van der Waals surface area (Å²) in [6.07, 6.45) is 1.33. The van der Waals surface area contributed by atoms with E-state index in [1.807, 2.05) is 17.0 Å². The summed E-state index contributed by atoms with van der Waals surface area (Å²) in [6.45, 7) is 6.00. The highest BCUT2D eigenvalue weighted by Crippen LogP contribution is 2.21. The fraction of sp³-hybridized carbons (Fsp3) is 0.444. The van der Waals surface area contributed by atoms with Gasteiger partial charge in [-0.2, -0.15) is 9.40 Å². The van der Waals surface area contributed by atoms with Crippen LogP contribution in [0, 0.1) is 0 Å². The van der Waals surface area contributed by atoms with E-state index in [0.29, 0.717) is 37.0 Å². The van der Waals surface area contributed by atoms with Gasteiger partial charge in [0.1, 0.15) is 5.02 Å².